The minimum atomic E-state index is -0.582. The van der Waals surface area contributed by atoms with Crippen LogP contribution in [-0.4, -0.2) is 5.11 Å². The van der Waals surface area contributed by atoms with Gasteiger partial charge in [-0.2, -0.15) is 0 Å². The van der Waals surface area contributed by atoms with Gasteiger partial charge in [0.1, 0.15) is 0 Å². The van der Waals surface area contributed by atoms with Gasteiger partial charge in [-0.3, -0.25) is 0 Å². The molecule has 2 N–H and O–H groups in total. The molecule has 106 valence electrons. The van der Waals surface area contributed by atoms with Crippen molar-refractivity contribution < 1.29 is 9.50 Å². The van der Waals surface area contributed by atoms with Crippen molar-refractivity contribution in [2.24, 2.45) is 0 Å². The Morgan fingerprint density at radius 2 is 1.90 bits per heavy atom. The van der Waals surface area contributed by atoms with Gasteiger partial charge in [0, 0.05) is 22.6 Å². The Bertz CT molecular complexity index is 571. The zero-order valence-corrected chi connectivity index (χ0v) is 12.8. The molecule has 0 radical (unpaired) electrons. The number of aromatic hydroxyl groups is 1. The van der Waals surface area contributed by atoms with Crippen molar-refractivity contribution in [3.8, 4) is 5.75 Å². The third-order valence-corrected chi connectivity index (χ3v) is 3.82. The summed E-state index contributed by atoms with van der Waals surface area (Å²) in [5, 5.41) is 13.0. The molecule has 0 spiro atoms. The first kappa shape index (κ1) is 15.0. The number of rotatable bonds is 5. The molecule has 2 nitrogen and oxygen atoms in total. The van der Waals surface area contributed by atoms with Gasteiger partial charge in [-0.05, 0) is 30.2 Å². The molecule has 4 heteroatoms. The highest BCUT2D eigenvalue weighted by atomic mass is 79.9. The third kappa shape index (κ3) is 3.58. The second-order valence-corrected chi connectivity index (χ2v) is 5.56. The van der Waals surface area contributed by atoms with Crippen molar-refractivity contribution in [1.29, 1.82) is 0 Å². The summed E-state index contributed by atoms with van der Waals surface area (Å²) in [4.78, 5) is 0. The maximum Gasteiger partial charge on any atom is 0.165 e. The lowest BCUT2D eigenvalue weighted by atomic mass is 10.0. The predicted octanol–water partition coefficient (Wildman–Crippen LogP) is 4.53. The lowest BCUT2D eigenvalue weighted by Crippen LogP contribution is -2.20. The molecule has 0 saturated carbocycles. The molecule has 0 amide bonds. The average Bonchev–Trinajstić information content (AvgIpc) is 2.45. The van der Waals surface area contributed by atoms with E-state index >= 15 is 0 Å². The summed E-state index contributed by atoms with van der Waals surface area (Å²) in [5.41, 5.74) is 1.74. The van der Waals surface area contributed by atoms with Gasteiger partial charge in [0.2, 0.25) is 0 Å². The Morgan fingerprint density at radius 3 is 2.55 bits per heavy atom. The van der Waals surface area contributed by atoms with Crippen LogP contribution in [0.15, 0.2) is 46.9 Å². The van der Waals surface area contributed by atoms with E-state index < -0.39 is 5.82 Å². The zero-order valence-electron chi connectivity index (χ0n) is 11.2. The number of hydrogen-bond donors (Lipinski definition) is 2. The third-order valence-electron chi connectivity index (χ3n) is 3.29. The second-order valence-electron chi connectivity index (χ2n) is 4.64. The van der Waals surface area contributed by atoms with E-state index in [1.165, 1.54) is 11.6 Å². The minimum absolute atomic E-state index is 0.172. The molecule has 1 unspecified atom stereocenters. The van der Waals surface area contributed by atoms with Crippen LogP contribution in [0.5, 0.6) is 5.75 Å². The van der Waals surface area contributed by atoms with Gasteiger partial charge >= 0.3 is 0 Å². The van der Waals surface area contributed by atoms with E-state index in [0.29, 0.717) is 12.1 Å². The van der Waals surface area contributed by atoms with Crippen LogP contribution in [0, 0.1) is 5.82 Å². The average molecular weight is 338 g/mol. The van der Waals surface area contributed by atoms with Crippen LogP contribution >= 0.6 is 15.9 Å². The number of para-hydroxylation sites is 1. The Kier molecular flexibility index (Phi) is 5.15. The molecule has 0 aliphatic carbocycles. The Labute approximate surface area is 126 Å². The molecule has 0 aromatic heterocycles. The maximum atomic E-state index is 13.3. The smallest absolute Gasteiger partial charge is 0.165 e. The first-order valence-electron chi connectivity index (χ1n) is 6.57. The number of phenolic OH excluding ortho intramolecular Hbond substituents is 1. The van der Waals surface area contributed by atoms with Gasteiger partial charge in [0.25, 0.3) is 0 Å². The van der Waals surface area contributed by atoms with Gasteiger partial charge in [-0.1, -0.05) is 47.1 Å². The fourth-order valence-corrected chi connectivity index (χ4v) is 2.39. The van der Waals surface area contributed by atoms with E-state index in [0.717, 1.165) is 10.9 Å². The van der Waals surface area contributed by atoms with Crippen LogP contribution in [0.3, 0.4) is 0 Å². The molecule has 0 aliphatic heterocycles. The standard InChI is InChI=1S/C16H17BrFNO/c1-2-15(11-6-8-13(17)9-7-11)19-10-12-4-3-5-14(18)16(12)20/h3-9,15,19-20H,2,10H2,1H3. The molecule has 20 heavy (non-hydrogen) atoms. The van der Waals surface area contributed by atoms with Crippen LogP contribution in [0.1, 0.15) is 30.5 Å². The highest BCUT2D eigenvalue weighted by Gasteiger charge is 2.11. The van der Waals surface area contributed by atoms with E-state index in [-0.39, 0.29) is 11.8 Å². The highest BCUT2D eigenvalue weighted by molar-refractivity contribution is 9.10. The molecule has 0 aliphatic rings. The monoisotopic (exact) mass is 337 g/mol. The van der Waals surface area contributed by atoms with Gasteiger partial charge in [0.15, 0.2) is 11.6 Å². The van der Waals surface area contributed by atoms with Crippen molar-refractivity contribution >= 4 is 15.9 Å². The normalized spacial score (nSPS) is 12.3. The number of nitrogens with one attached hydrogen (secondary N) is 1. The Hall–Kier alpha value is -1.39. The fourth-order valence-electron chi connectivity index (χ4n) is 2.13. The first-order valence-corrected chi connectivity index (χ1v) is 7.36. The molecule has 0 saturated heterocycles. The molecule has 2 rings (SSSR count). The molecule has 0 heterocycles. The predicted molar refractivity (Wildman–Crippen MR) is 82.1 cm³/mol. The van der Waals surface area contributed by atoms with Crippen LogP contribution < -0.4 is 5.32 Å². The Morgan fingerprint density at radius 1 is 1.20 bits per heavy atom. The van der Waals surface area contributed by atoms with E-state index in [1.54, 1.807) is 12.1 Å². The van der Waals surface area contributed by atoms with Gasteiger partial charge < -0.3 is 10.4 Å². The van der Waals surface area contributed by atoms with Crippen molar-refractivity contribution in [2.45, 2.75) is 25.9 Å². The number of halogens is 2. The summed E-state index contributed by atoms with van der Waals surface area (Å²) in [6.45, 7) is 2.52. The molecule has 0 bridgehead atoms. The van der Waals surface area contributed by atoms with Gasteiger partial charge in [-0.15, -0.1) is 0 Å². The SMILES string of the molecule is CCC(NCc1cccc(F)c1O)c1ccc(Br)cc1. The van der Waals surface area contributed by atoms with Crippen LogP contribution in [-0.2, 0) is 6.54 Å². The van der Waals surface area contributed by atoms with E-state index in [9.17, 15) is 9.50 Å². The summed E-state index contributed by atoms with van der Waals surface area (Å²) < 4.78 is 14.3. The van der Waals surface area contributed by atoms with Crippen LogP contribution in [0.2, 0.25) is 0 Å². The molecular weight excluding hydrogens is 321 g/mol. The van der Waals surface area contributed by atoms with Gasteiger partial charge in [0.05, 0.1) is 0 Å². The van der Waals surface area contributed by atoms with Crippen LogP contribution in [0.4, 0.5) is 4.39 Å². The molecule has 1 atom stereocenters. The lowest BCUT2D eigenvalue weighted by molar-refractivity contribution is 0.418. The van der Waals surface area contributed by atoms with Crippen molar-refractivity contribution in [2.75, 3.05) is 0 Å². The summed E-state index contributed by atoms with van der Waals surface area (Å²) in [6, 6.07) is 12.9. The largest absolute Gasteiger partial charge is 0.505 e. The van der Waals surface area contributed by atoms with Gasteiger partial charge in [-0.25, -0.2) is 4.39 Å². The van der Waals surface area contributed by atoms with Crippen molar-refractivity contribution in [3.63, 3.8) is 0 Å². The lowest BCUT2D eigenvalue weighted by Gasteiger charge is -2.18. The quantitative estimate of drug-likeness (QED) is 0.839. The first-order chi connectivity index (χ1) is 9.61. The summed E-state index contributed by atoms with van der Waals surface area (Å²) in [7, 11) is 0. The van der Waals surface area contributed by atoms with E-state index in [1.807, 2.05) is 12.1 Å². The summed E-state index contributed by atoms with van der Waals surface area (Å²) >= 11 is 3.41. The van der Waals surface area contributed by atoms with Crippen LogP contribution in [0.25, 0.3) is 0 Å². The van der Waals surface area contributed by atoms with Crippen molar-refractivity contribution in [1.82, 2.24) is 5.32 Å². The van der Waals surface area contributed by atoms with E-state index in [2.05, 4.69) is 40.3 Å². The van der Waals surface area contributed by atoms with E-state index in [4.69, 9.17) is 0 Å². The van der Waals surface area contributed by atoms with Crippen molar-refractivity contribution in [3.05, 3.63) is 63.9 Å². The summed E-state index contributed by atoms with van der Waals surface area (Å²) in [5.74, 6) is -0.855. The number of phenols is 1. The molecular formula is C16H17BrFNO. The molecule has 2 aromatic rings. The maximum absolute atomic E-state index is 13.3. The fraction of sp³-hybridized carbons (Fsp3) is 0.250. The Balaban J connectivity index is 2.07. The number of benzene rings is 2. The second kappa shape index (κ2) is 6.86. The topological polar surface area (TPSA) is 32.3 Å². The number of hydrogen-bond acceptors (Lipinski definition) is 2. The molecule has 2 aromatic carbocycles. The molecule has 0 fully saturated rings. The minimum Gasteiger partial charge on any atom is -0.505 e. The zero-order chi connectivity index (χ0) is 14.5. The highest BCUT2D eigenvalue weighted by Crippen LogP contribution is 2.23. The summed E-state index contributed by atoms with van der Waals surface area (Å²) in [6.07, 6.45) is 0.914.